The second-order valence-corrected chi connectivity index (χ2v) is 11.4. The molecule has 0 aromatic heterocycles. The molecule has 38 heavy (non-hydrogen) atoms. The van der Waals surface area contributed by atoms with Gasteiger partial charge in [-0.1, -0.05) is 49.5 Å². The summed E-state index contributed by atoms with van der Waals surface area (Å²) in [7, 11) is -1.01. The smallest absolute Gasteiger partial charge is 0.244 e. The molecule has 0 spiro atoms. The molecule has 2 amide bonds. The summed E-state index contributed by atoms with van der Waals surface area (Å²) in [6, 6.07) is 8.56. The number of nitrogens with zero attached hydrogens (tertiary/aromatic N) is 2. The van der Waals surface area contributed by atoms with E-state index in [2.05, 4.69) is 5.32 Å². The minimum atomic E-state index is -3.90. The summed E-state index contributed by atoms with van der Waals surface area (Å²) in [5, 5.41) is 3.63. The largest absolute Gasteiger partial charge is 0.493 e. The fraction of sp³-hybridized carbons (Fsp3) is 0.462. The molecule has 2 aromatic carbocycles. The molecule has 210 valence electrons. The van der Waals surface area contributed by atoms with Gasteiger partial charge in [0, 0.05) is 29.2 Å². The van der Waals surface area contributed by atoms with Gasteiger partial charge in [0.05, 0.1) is 26.2 Å². The van der Waals surface area contributed by atoms with E-state index in [9.17, 15) is 18.0 Å². The Morgan fingerprint density at radius 3 is 2.26 bits per heavy atom. The monoisotopic (exact) mass is 587 g/mol. The van der Waals surface area contributed by atoms with Gasteiger partial charge in [0.1, 0.15) is 12.6 Å². The molecule has 1 atom stereocenters. The van der Waals surface area contributed by atoms with Crippen LogP contribution >= 0.6 is 23.2 Å². The molecular weight excluding hydrogens is 553 g/mol. The first-order valence-electron chi connectivity index (χ1n) is 12.2. The number of rotatable bonds is 14. The summed E-state index contributed by atoms with van der Waals surface area (Å²) in [6.45, 7) is 3.71. The van der Waals surface area contributed by atoms with E-state index in [0.29, 0.717) is 40.1 Å². The summed E-state index contributed by atoms with van der Waals surface area (Å²) in [5.74, 6) is -0.187. The number of methoxy groups -OCH3 is 2. The predicted octanol–water partition coefficient (Wildman–Crippen LogP) is 4.50. The van der Waals surface area contributed by atoms with Crippen molar-refractivity contribution in [1.29, 1.82) is 0 Å². The molecule has 0 fully saturated rings. The minimum absolute atomic E-state index is 0.0158. The third-order valence-corrected chi connectivity index (χ3v) is 7.63. The number of sulfonamides is 1. The Morgan fingerprint density at radius 1 is 1.03 bits per heavy atom. The van der Waals surface area contributed by atoms with Crippen LogP contribution in [0.15, 0.2) is 36.4 Å². The molecule has 0 radical (unpaired) electrons. The molecule has 2 rings (SSSR count). The fourth-order valence-corrected chi connectivity index (χ4v) is 5.16. The second-order valence-electron chi connectivity index (χ2n) is 8.63. The Morgan fingerprint density at radius 2 is 1.71 bits per heavy atom. The zero-order valence-corrected chi connectivity index (χ0v) is 24.6. The number of ether oxygens (including phenoxy) is 2. The van der Waals surface area contributed by atoms with Gasteiger partial charge in [-0.25, -0.2) is 8.42 Å². The highest BCUT2D eigenvalue weighted by Gasteiger charge is 2.32. The standard InChI is InChI=1S/C26H35Cl2N3O6S/c1-6-8-13-29-26(33)22(7-2)30(16-18-9-10-19(27)14-21(18)28)25(32)17-31(38(5,34)35)20-11-12-23(36-3)24(15-20)37-4/h9-12,14-15,22H,6-8,13,16-17H2,1-5H3,(H,29,33). The number of nitrogens with one attached hydrogen (secondary N) is 1. The summed E-state index contributed by atoms with van der Waals surface area (Å²) in [6.07, 6.45) is 3.01. The van der Waals surface area contributed by atoms with Gasteiger partial charge < -0.3 is 19.7 Å². The van der Waals surface area contributed by atoms with Crippen LogP contribution in [-0.2, 0) is 26.2 Å². The van der Waals surface area contributed by atoms with Crippen LogP contribution in [0.5, 0.6) is 11.5 Å². The second kappa shape index (κ2) is 14.5. The molecule has 12 heteroatoms. The van der Waals surface area contributed by atoms with E-state index in [-0.39, 0.29) is 18.1 Å². The minimum Gasteiger partial charge on any atom is -0.493 e. The van der Waals surface area contributed by atoms with Crippen LogP contribution in [0, 0.1) is 0 Å². The van der Waals surface area contributed by atoms with Crippen molar-refractivity contribution >= 4 is 50.7 Å². The SMILES string of the molecule is CCCCNC(=O)C(CC)N(Cc1ccc(Cl)cc1Cl)C(=O)CN(c1ccc(OC)c(OC)c1)S(C)(=O)=O. The zero-order chi connectivity index (χ0) is 28.5. The van der Waals surface area contributed by atoms with Gasteiger partial charge in [-0.15, -0.1) is 0 Å². The lowest BCUT2D eigenvalue weighted by Crippen LogP contribution is -2.52. The van der Waals surface area contributed by atoms with Gasteiger partial charge >= 0.3 is 0 Å². The topological polar surface area (TPSA) is 105 Å². The number of hydrogen-bond acceptors (Lipinski definition) is 6. The van der Waals surface area contributed by atoms with Gasteiger partial charge in [-0.2, -0.15) is 0 Å². The first-order chi connectivity index (χ1) is 18.0. The molecular formula is C26H35Cl2N3O6S. The van der Waals surface area contributed by atoms with Crippen molar-refractivity contribution in [3.8, 4) is 11.5 Å². The number of benzene rings is 2. The summed E-state index contributed by atoms with van der Waals surface area (Å²) in [4.78, 5) is 28.2. The first kappa shape index (κ1) is 31.5. The van der Waals surface area contributed by atoms with Crippen molar-refractivity contribution in [2.45, 2.75) is 45.7 Å². The first-order valence-corrected chi connectivity index (χ1v) is 14.8. The van der Waals surface area contributed by atoms with E-state index < -0.39 is 28.5 Å². The molecule has 0 aliphatic rings. The Hall–Kier alpha value is -2.69. The van der Waals surface area contributed by atoms with E-state index in [1.54, 1.807) is 31.2 Å². The van der Waals surface area contributed by atoms with Crippen LogP contribution in [0.2, 0.25) is 10.0 Å². The summed E-state index contributed by atoms with van der Waals surface area (Å²) < 4.78 is 37.1. The van der Waals surface area contributed by atoms with Crippen LogP contribution < -0.4 is 19.1 Å². The zero-order valence-electron chi connectivity index (χ0n) is 22.3. The van der Waals surface area contributed by atoms with Crippen molar-refractivity contribution in [3.63, 3.8) is 0 Å². The van der Waals surface area contributed by atoms with Crippen molar-refractivity contribution in [1.82, 2.24) is 10.2 Å². The maximum absolute atomic E-state index is 13.8. The average Bonchev–Trinajstić information content (AvgIpc) is 2.87. The van der Waals surface area contributed by atoms with E-state index in [0.717, 1.165) is 23.4 Å². The lowest BCUT2D eigenvalue weighted by atomic mass is 10.1. The molecule has 0 aliphatic carbocycles. The van der Waals surface area contributed by atoms with Crippen molar-refractivity contribution in [2.75, 3.05) is 37.9 Å². The Labute approximate surface area is 235 Å². The number of carbonyl (C=O) groups excluding carboxylic acids is 2. The molecule has 0 aliphatic heterocycles. The highest BCUT2D eigenvalue weighted by atomic mass is 35.5. The van der Waals surface area contributed by atoms with Gasteiger partial charge in [0.2, 0.25) is 21.8 Å². The van der Waals surface area contributed by atoms with E-state index in [1.165, 1.54) is 31.3 Å². The Balaban J connectivity index is 2.49. The van der Waals surface area contributed by atoms with Gasteiger partial charge in [0.25, 0.3) is 0 Å². The van der Waals surface area contributed by atoms with Crippen molar-refractivity contribution < 1.29 is 27.5 Å². The highest BCUT2D eigenvalue weighted by molar-refractivity contribution is 7.92. The fourth-order valence-electron chi connectivity index (χ4n) is 3.85. The molecule has 0 bridgehead atoms. The highest BCUT2D eigenvalue weighted by Crippen LogP contribution is 2.32. The predicted molar refractivity (Wildman–Crippen MR) is 151 cm³/mol. The van der Waals surface area contributed by atoms with Crippen LogP contribution in [0.3, 0.4) is 0 Å². The number of anilines is 1. The number of unbranched alkanes of at least 4 members (excludes halogenated alkanes) is 1. The maximum atomic E-state index is 13.8. The van der Waals surface area contributed by atoms with E-state index >= 15 is 0 Å². The molecule has 1 N–H and O–H groups in total. The lowest BCUT2D eigenvalue weighted by Gasteiger charge is -2.33. The molecule has 0 saturated heterocycles. The third-order valence-electron chi connectivity index (χ3n) is 5.91. The summed E-state index contributed by atoms with van der Waals surface area (Å²) in [5.41, 5.74) is 0.782. The Bertz CT molecular complexity index is 1230. The van der Waals surface area contributed by atoms with Crippen molar-refractivity contribution in [2.24, 2.45) is 0 Å². The van der Waals surface area contributed by atoms with Crippen LogP contribution in [0.1, 0.15) is 38.7 Å². The maximum Gasteiger partial charge on any atom is 0.244 e. The average molecular weight is 589 g/mol. The van der Waals surface area contributed by atoms with Gasteiger partial charge in [-0.05, 0) is 42.7 Å². The molecule has 0 saturated carbocycles. The summed E-state index contributed by atoms with van der Waals surface area (Å²) >= 11 is 12.4. The number of halogens is 2. The van der Waals surface area contributed by atoms with Crippen LogP contribution in [0.25, 0.3) is 0 Å². The van der Waals surface area contributed by atoms with Crippen LogP contribution in [0.4, 0.5) is 5.69 Å². The van der Waals surface area contributed by atoms with Crippen molar-refractivity contribution in [3.05, 3.63) is 52.0 Å². The Kier molecular flexibility index (Phi) is 12.0. The normalized spacial score (nSPS) is 12.0. The van der Waals surface area contributed by atoms with Crippen LogP contribution in [-0.4, -0.2) is 64.7 Å². The number of hydrogen-bond donors (Lipinski definition) is 1. The number of carbonyl (C=O) groups is 2. The quantitative estimate of drug-likeness (QED) is 0.326. The van der Waals surface area contributed by atoms with Gasteiger partial charge in [0.15, 0.2) is 11.5 Å². The molecule has 2 aromatic rings. The van der Waals surface area contributed by atoms with Gasteiger partial charge in [-0.3, -0.25) is 13.9 Å². The molecule has 1 unspecified atom stereocenters. The van der Waals surface area contributed by atoms with E-state index in [1.807, 2.05) is 6.92 Å². The number of amides is 2. The van der Waals surface area contributed by atoms with E-state index in [4.69, 9.17) is 32.7 Å². The lowest BCUT2D eigenvalue weighted by molar-refractivity contribution is -0.140. The third kappa shape index (κ3) is 8.41. The molecule has 0 heterocycles. The molecule has 9 nitrogen and oxygen atoms in total.